The first-order valence-corrected chi connectivity index (χ1v) is 9.42. The van der Waals surface area contributed by atoms with Crippen LogP contribution in [0.2, 0.25) is 0 Å². The Hall–Kier alpha value is -2.61. The molecule has 1 aromatic carbocycles. The van der Waals surface area contributed by atoms with E-state index in [1.165, 1.54) is 0 Å². The summed E-state index contributed by atoms with van der Waals surface area (Å²) in [6, 6.07) is 5.35. The lowest BCUT2D eigenvalue weighted by atomic mass is 10.2. The minimum absolute atomic E-state index is 0.0863. The Morgan fingerprint density at radius 3 is 2.93 bits per heavy atom. The van der Waals surface area contributed by atoms with Gasteiger partial charge in [0.05, 0.1) is 23.5 Å². The van der Waals surface area contributed by atoms with Crippen molar-refractivity contribution in [3.05, 3.63) is 30.1 Å². The molecule has 0 unspecified atom stereocenters. The van der Waals surface area contributed by atoms with Gasteiger partial charge in [-0.15, -0.1) is 0 Å². The number of hydrogen-bond donors (Lipinski definition) is 3. The molecule has 2 aromatic rings. The van der Waals surface area contributed by atoms with Crippen molar-refractivity contribution in [3.63, 3.8) is 0 Å². The molecule has 1 aromatic heterocycles. The maximum Gasteiger partial charge on any atom is 0.314 e. The van der Waals surface area contributed by atoms with E-state index in [9.17, 15) is 9.59 Å². The molecule has 8 heteroatoms. The van der Waals surface area contributed by atoms with Crippen LogP contribution in [0.4, 0.5) is 4.79 Å². The molecule has 8 nitrogen and oxygen atoms in total. The fourth-order valence-electron chi connectivity index (χ4n) is 3.09. The van der Waals surface area contributed by atoms with Gasteiger partial charge < -0.3 is 25.3 Å². The van der Waals surface area contributed by atoms with E-state index < -0.39 is 0 Å². The highest BCUT2D eigenvalue weighted by Gasteiger charge is 2.16. The summed E-state index contributed by atoms with van der Waals surface area (Å²) in [4.78, 5) is 28.3. The number of benzene rings is 1. The number of hydrogen-bond acceptors (Lipinski definition) is 4. The first-order valence-electron chi connectivity index (χ1n) is 9.42. The highest BCUT2D eigenvalue weighted by atomic mass is 16.5. The first kappa shape index (κ1) is 19.2. The van der Waals surface area contributed by atoms with Gasteiger partial charge in [-0.3, -0.25) is 4.79 Å². The smallest absolute Gasteiger partial charge is 0.314 e. The Kier molecular flexibility index (Phi) is 6.28. The highest BCUT2D eigenvalue weighted by Crippen LogP contribution is 2.15. The highest BCUT2D eigenvalue weighted by molar-refractivity contribution is 5.97. The quantitative estimate of drug-likeness (QED) is 0.687. The number of carbonyl (C=O) groups is 2. The summed E-state index contributed by atoms with van der Waals surface area (Å²) in [5.74, 6) is -0.106. The van der Waals surface area contributed by atoms with E-state index in [4.69, 9.17) is 4.74 Å². The lowest BCUT2D eigenvalue weighted by Gasteiger charge is -2.12. The van der Waals surface area contributed by atoms with Crippen LogP contribution in [0.3, 0.4) is 0 Å². The second kappa shape index (κ2) is 8.85. The average Bonchev–Trinajstić information content (AvgIpc) is 3.29. The predicted molar refractivity (Wildman–Crippen MR) is 103 cm³/mol. The van der Waals surface area contributed by atoms with Gasteiger partial charge in [-0.05, 0) is 44.9 Å². The monoisotopic (exact) mass is 373 g/mol. The number of carbonyl (C=O) groups excluding carboxylic acids is 2. The lowest BCUT2D eigenvalue weighted by molar-refractivity contribution is 0.0943. The number of imidazole rings is 1. The van der Waals surface area contributed by atoms with Crippen molar-refractivity contribution >= 4 is 23.0 Å². The summed E-state index contributed by atoms with van der Waals surface area (Å²) in [6.45, 7) is 6.26. The van der Waals surface area contributed by atoms with Crippen LogP contribution in [-0.4, -0.2) is 53.3 Å². The van der Waals surface area contributed by atoms with Gasteiger partial charge in [0, 0.05) is 37.8 Å². The van der Waals surface area contributed by atoms with E-state index in [-0.39, 0.29) is 24.1 Å². The van der Waals surface area contributed by atoms with Crippen LogP contribution in [0.25, 0.3) is 11.0 Å². The van der Waals surface area contributed by atoms with Crippen molar-refractivity contribution in [1.82, 2.24) is 25.5 Å². The standard InChI is InChI=1S/C19H27N5O3/c1-13(2)23-18(25)14-5-6-17-16(10-14)22-12-24(17)8-7-20-19(26)21-11-15-4-3-9-27-15/h5-6,10,12-13,15H,3-4,7-9,11H2,1-2H3,(H,23,25)(H2,20,21,26)/t15-/m0/s1. The molecule has 146 valence electrons. The number of nitrogens with one attached hydrogen (secondary N) is 3. The second-order valence-electron chi connectivity index (χ2n) is 7.04. The lowest BCUT2D eigenvalue weighted by Crippen LogP contribution is -2.40. The zero-order chi connectivity index (χ0) is 19.2. The minimum Gasteiger partial charge on any atom is -0.376 e. The fourth-order valence-corrected chi connectivity index (χ4v) is 3.09. The molecule has 1 saturated heterocycles. The zero-order valence-corrected chi connectivity index (χ0v) is 15.8. The summed E-state index contributed by atoms with van der Waals surface area (Å²) in [6.07, 6.45) is 3.91. The summed E-state index contributed by atoms with van der Waals surface area (Å²) >= 11 is 0. The van der Waals surface area contributed by atoms with Crippen molar-refractivity contribution in [2.24, 2.45) is 0 Å². The molecule has 0 radical (unpaired) electrons. The number of fused-ring (bicyclic) bond motifs is 1. The van der Waals surface area contributed by atoms with Gasteiger partial charge in [-0.2, -0.15) is 0 Å². The Balaban J connectivity index is 1.50. The van der Waals surface area contributed by atoms with E-state index in [1.54, 1.807) is 18.5 Å². The fraction of sp³-hybridized carbons (Fsp3) is 0.526. The van der Waals surface area contributed by atoms with Gasteiger partial charge in [0.25, 0.3) is 5.91 Å². The van der Waals surface area contributed by atoms with Crippen molar-refractivity contribution in [1.29, 1.82) is 0 Å². The largest absolute Gasteiger partial charge is 0.376 e. The van der Waals surface area contributed by atoms with E-state index in [0.29, 0.717) is 25.2 Å². The van der Waals surface area contributed by atoms with Crippen molar-refractivity contribution in [2.45, 2.75) is 45.4 Å². The Bertz CT molecular complexity index is 796. The summed E-state index contributed by atoms with van der Waals surface area (Å²) < 4.78 is 7.44. The van der Waals surface area contributed by atoms with Crippen LogP contribution in [0, 0.1) is 0 Å². The van der Waals surface area contributed by atoms with Crippen LogP contribution in [0.1, 0.15) is 37.0 Å². The minimum atomic E-state index is -0.192. The SMILES string of the molecule is CC(C)NC(=O)c1ccc2c(c1)ncn2CCNC(=O)NC[C@@H]1CCCO1. The van der Waals surface area contributed by atoms with Gasteiger partial charge in [0.2, 0.25) is 0 Å². The summed E-state index contributed by atoms with van der Waals surface area (Å²) in [7, 11) is 0. The number of ether oxygens (including phenoxy) is 1. The van der Waals surface area contributed by atoms with Crippen LogP contribution >= 0.6 is 0 Å². The van der Waals surface area contributed by atoms with Gasteiger partial charge >= 0.3 is 6.03 Å². The number of nitrogens with zero attached hydrogens (tertiary/aromatic N) is 2. The molecule has 3 N–H and O–H groups in total. The van der Waals surface area contributed by atoms with E-state index >= 15 is 0 Å². The molecule has 3 rings (SSSR count). The van der Waals surface area contributed by atoms with Crippen LogP contribution in [0.5, 0.6) is 0 Å². The molecule has 1 aliphatic rings. The molecule has 0 bridgehead atoms. The molecule has 2 heterocycles. The summed E-state index contributed by atoms with van der Waals surface area (Å²) in [5, 5.41) is 8.55. The molecular formula is C19H27N5O3. The van der Waals surface area contributed by atoms with Crippen molar-refractivity contribution in [2.75, 3.05) is 19.7 Å². The summed E-state index contributed by atoms with van der Waals surface area (Å²) in [5.41, 5.74) is 2.28. The first-order chi connectivity index (χ1) is 13.0. The third kappa shape index (κ3) is 5.19. The normalized spacial score (nSPS) is 16.6. The van der Waals surface area contributed by atoms with E-state index in [0.717, 1.165) is 30.5 Å². The zero-order valence-electron chi connectivity index (χ0n) is 15.8. The molecule has 0 spiro atoms. The number of amides is 3. The molecule has 27 heavy (non-hydrogen) atoms. The second-order valence-corrected chi connectivity index (χ2v) is 7.04. The maximum atomic E-state index is 12.1. The molecule has 0 saturated carbocycles. The molecule has 1 atom stereocenters. The van der Waals surface area contributed by atoms with Crippen molar-refractivity contribution in [3.8, 4) is 0 Å². The van der Waals surface area contributed by atoms with Crippen molar-refractivity contribution < 1.29 is 14.3 Å². The number of rotatable bonds is 7. The van der Waals surface area contributed by atoms with Crippen LogP contribution in [-0.2, 0) is 11.3 Å². The number of urea groups is 1. The van der Waals surface area contributed by atoms with Gasteiger partial charge in [-0.1, -0.05) is 0 Å². The van der Waals surface area contributed by atoms with Crippen LogP contribution < -0.4 is 16.0 Å². The van der Waals surface area contributed by atoms with E-state index in [2.05, 4.69) is 20.9 Å². The third-order valence-corrected chi connectivity index (χ3v) is 4.46. The van der Waals surface area contributed by atoms with Gasteiger partial charge in [0.15, 0.2) is 0 Å². The van der Waals surface area contributed by atoms with Gasteiger partial charge in [-0.25, -0.2) is 9.78 Å². The Labute approximate surface area is 158 Å². The third-order valence-electron chi connectivity index (χ3n) is 4.46. The molecule has 1 aliphatic heterocycles. The predicted octanol–water partition coefficient (Wildman–Crippen LogP) is 1.65. The van der Waals surface area contributed by atoms with Crippen LogP contribution in [0.15, 0.2) is 24.5 Å². The molecule has 0 aliphatic carbocycles. The Morgan fingerprint density at radius 2 is 2.19 bits per heavy atom. The molecular weight excluding hydrogens is 346 g/mol. The van der Waals surface area contributed by atoms with Gasteiger partial charge in [0.1, 0.15) is 0 Å². The Morgan fingerprint density at radius 1 is 1.33 bits per heavy atom. The van der Waals surface area contributed by atoms with E-state index in [1.807, 2.05) is 24.5 Å². The number of aromatic nitrogens is 2. The molecule has 3 amide bonds. The topological polar surface area (TPSA) is 97.3 Å². The maximum absolute atomic E-state index is 12.1. The molecule has 1 fully saturated rings. The average molecular weight is 373 g/mol.